The van der Waals surface area contributed by atoms with E-state index in [1.54, 1.807) is 12.1 Å². The van der Waals surface area contributed by atoms with Gasteiger partial charge in [-0.25, -0.2) is 4.79 Å². The summed E-state index contributed by atoms with van der Waals surface area (Å²) in [5.41, 5.74) is 10.3. The number of aromatic amines is 1. The lowest BCUT2D eigenvalue weighted by molar-refractivity contribution is 0.555. The van der Waals surface area contributed by atoms with Crippen LogP contribution in [0.5, 0.6) is 0 Å². The molecule has 0 saturated heterocycles. The van der Waals surface area contributed by atoms with Crippen LogP contribution >= 0.6 is 15.9 Å². The smallest absolute Gasteiger partial charge is 0.408 e. The molecule has 1 heterocycles. The van der Waals surface area contributed by atoms with Gasteiger partial charge in [-0.3, -0.25) is 4.98 Å². The van der Waals surface area contributed by atoms with Crippen LogP contribution in [0.15, 0.2) is 44.0 Å². The summed E-state index contributed by atoms with van der Waals surface area (Å²) in [5.74, 6) is -0.492. The topological polar surface area (TPSA) is 84.0 Å². The number of benzene rings is 2. The van der Waals surface area contributed by atoms with Crippen LogP contribution in [0.4, 0.5) is 17.1 Å². The van der Waals surface area contributed by atoms with E-state index in [0.29, 0.717) is 22.5 Å². The number of nitrogens with two attached hydrogens (primary N) is 1. The Morgan fingerprint density at radius 2 is 2.10 bits per heavy atom. The van der Waals surface area contributed by atoms with Crippen molar-refractivity contribution in [3.05, 3.63) is 50.9 Å². The zero-order chi connectivity index (χ0) is 14.3. The lowest BCUT2D eigenvalue weighted by Gasteiger charge is -2.12. The van der Waals surface area contributed by atoms with Crippen molar-refractivity contribution < 1.29 is 4.42 Å². The first-order chi connectivity index (χ1) is 9.54. The Bertz CT molecular complexity index is 851. The second-order valence-corrected chi connectivity index (χ2v) is 5.30. The predicted octanol–water partition coefficient (Wildman–Crippen LogP) is 3.52. The van der Waals surface area contributed by atoms with Crippen LogP contribution in [0, 0.1) is 6.92 Å². The molecule has 0 bridgehead atoms. The average Bonchev–Trinajstić information content (AvgIpc) is 2.74. The molecule has 0 unspecified atom stereocenters. The maximum Gasteiger partial charge on any atom is 0.417 e. The largest absolute Gasteiger partial charge is 0.417 e. The number of H-pyrrole nitrogens is 1. The highest BCUT2D eigenvalue weighted by Crippen LogP contribution is 2.32. The quantitative estimate of drug-likeness (QED) is 0.626. The van der Waals surface area contributed by atoms with Gasteiger partial charge in [-0.15, -0.1) is 0 Å². The summed E-state index contributed by atoms with van der Waals surface area (Å²) >= 11 is 3.54. The van der Waals surface area contributed by atoms with E-state index in [9.17, 15) is 4.79 Å². The summed E-state index contributed by atoms with van der Waals surface area (Å²) in [7, 11) is 0. The van der Waals surface area contributed by atoms with Gasteiger partial charge in [-0.05, 0) is 40.5 Å². The molecule has 3 rings (SSSR count). The molecule has 0 aliphatic heterocycles. The molecule has 4 N–H and O–H groups in total. The van der Waals surface area contributed by atoms with Crippen LogP contribution in [0.2, 0.25) is 0 Å². The number of nitrogen functional groups attached to an aromatic ring is 1. The first-order valence-electron chi connectivity index (χ1n) is 5.99. The SMILES string of the molecule is Cc1cccc(Nc2cc3[nH]c(=O)oc3cc2N)c1Br. The van der Waals surface area contributed by atoms with Gasteiger partial charge in [0.25, 0.3) is 0 Å². The molecule has 0 amide bonds. The van der Waals surface area contributed by atoms with Crippen molar-refractivity contribution in [1.82, 2.24) is 4.98 Å². The number of rotatable bonds is 2. The Kier molecular flexibility index (Phi) is 3.02. The van der Waals surface area contributed by atoms with Gasteiger partial charge in [0.05, 0.1) is 22.6 Å². The van der Waals surface area contributed by atoms with Crippen molar-refractivity contribution in [2.45, 2.75) is 6.92 Å². The highest BCUT2D eigenvalue weighted by atomic mass is 79.9. The van der Waals surface area contributed by atoms with Gasteiger partial charge in [-0.1, -0.05) is 12.1 Å². The maximum atomic E-state index is 11.2. The van der Waals surface area contributed by atoms with Crippen LogP contribution in [0.3, 0.4) is 0 Å². The Morgan fingerprint density at radius 1 is 1.30 bits per heavy atom. The van der Waals surface area contributed by atoms with E-state index in [1.165, 1.54) is 0 Å². The van der Waals surface area contributed by atoms with E-state index < -0.39 is 5.76 Å². The van der Waals surface area contributed by atoms with Crippen LogP contribution in [0.1, 0.15) is 5.56 Å². The zero-order valence-corrected chi connectivity index (χ0v) is 12.2. The summed E-state index contributed by atoms with van der Waals surface area (Å²) < 4.78 is 5.94. The molecule has 0 saturated carbocycles. The first-order valence-corrected chi connectivity index (χ1v) is 6.78. The number of halogens is 1. The molecule has 0 atom stereocenters. The maximum absolute atomic E-state index is 11.2. The summed E-state index contributed by atoms with van der Waals surface area (Å²) in [6.07, 6.45) is 0. The second kappa shape index (κ2) is 4.72. The van der Waals surface area contributed by atoms with E-state index in [0.717, 1.165) is 15.7 Å². The number of aryl methyl sites for hydroxylation is 1. The number of fused-ring (bicyclic) bond motifs is 1. The Labute approximate surface area is 122 Å². The molecular weight excluding hydrogens is 322 g/mol. The molecule has 0 aliphatic carbocycles. The highest BCUT2D eigenvalue weighted by molar-refractivity contribution is 9.10. The van der Waals surface area contributed by atoms with E-state index in [1.807, 2.05) is 25.1 Å². The third-order valence-electron chi connectivity index (χ3n) is 3.05. The molecule has 0 spiro atoms. The second-order valence-electron chi connectivity index (χ2n) is 4.51. The van der Waals surface area contributed by atoms with Gasteiger partial charge in [0.1, 0.15) is 0 Å². The summed E-state index contributed by atoms with van der Waals surface area (Å²) in [4.78, 5) is 13.8. The third-order valence-corrected chi connectivity index (χ3v) is 4.10. The molecular formula is C14H12BrN3O2. The van der Waals surface area contributed by atoms with Gasteiger partial charge >= 0.3 is 5.76 Å². The summed E-state index contributed by atoms with van der Waals surface area (Å²) in [5, 5.41) is 3.25. The van der Waals surface area contributed by atoms with Crippen LogP contribution in [-0.4, -0.2) is 4.98 Å². The Morgan fingerprint density at radius 3 is 2.90 bits per heavy atom. The molecule has 0 radical (unpaired) electrons. The zero-order valence-electron chi connectivity index (χ0n) is 10.7. The average molecular weight is 334 g/mol. The monoisotopic (exact) mass is 333 g/mol. The number of hydrogen-bond acceptors (Lipinski definition) is 4. The van der Waals surface area contributed by atoms with Crippen molar-refractivity contribution in [3.8, 4) is 0 Å². The minimum Gasteiger partial charge on any atom is -0.408 e. The lowest BCUT2D eigenvalue weighted by Crippen LogP contribution is -1.97. The van der Waals surface area contributed by atoms with Crippen molar-refractivity contribution in [2.24, 2.45) is 0 Å². The lowest BCUT2D eigenvalue weighted by atomic mass is 10.2. The van der Waals surface area contributed by atoms with E-state index in [4.69, 9.17) is 10.2 Å². The van der Waals surface area contributed by atoms with Gasteiger partial charge in [0.2, 0.25) is 0 Å². The summed E-state index contributed by atoms with van der Waals surface area (Å²) in [6.45, 7) is 2.01. The van der Waals surface area contributed by atoms with E-state index in [2.05, 4.69) is 26.2 Å². The van der Waals surface area contributed by atoms with Crippen LogP contribution < -0.4 is 16.8 Å². The minimum absolute atomic E-state index is 0.446. The fourth-order valence-electron chi connectivity index (χ4n) is 2.01. The van der Waals surface area contributed by atoms with Crippen molar-refractivity contribution in [2.75, 3.05) is 11.1 Å². The van der Waals surface area contributed by atoms with Gasteiger partial charge in [0, 0.05) is 10.5 Å². The molecule has 0 aliphatic rings. The van der Waals surface area contributed by atoms with Crippen LogP contribution in [-0.2, 0) is 0 Å². The van der Waals surface area contributed by atoms with Gasteiger partial charge in [0.15, 0.2) is 5.58 Å². The van der Waals surface area contributed by atoms with Gasteiger partial charge in [-0.2, -0.15) is 0 Å². The Hall–Kier alpha value is -2.21. The normalized spacial score (nSPS) is 10.9. The standard InChI is InChI=1S/C14H12BrN3O2/c1-7-3-2-4-9(13(7)15)17-10-6-11-12(5-8(10)16)20-14(19)18-11/h2-6,17H,16H2,1H3,(H,18,19). The van der Waals surface area contributed by atoms with Crippen molar-refractivity contribution >= 4 is 44.1 Å². The summed E-state index contributed by atoms with van der Waals surface area (Å²) in [6, 6.07) is 9.29. The molecule has 2 aromatic carbocycles. The number of oxazole rings is 1. The van der Waals surface area contributed by atoms with E-state index in [-0.39, 0.29) is 0 Å². The van der Waals surface area contributed by atoms with Gasteiger partial charge < -0.3 is 15.5 Å². The van der Waals surface area contributed by atoms with Crippen molar-refractivity contribution in [3.63, 3.8) is 0 Å². The Balaban J connectivity index is 2.08. The predicted molar refractivity (Wildman–Crippen MR) is 83.4 cm³/mol. The third kappa shape index (κ3) is 2.18. The molecule has 102 valence electrons. The molecule has 6 heteroatoms. The van der Waals surface area contributed by atoms with E-state index >= 15 is 0 Å². The van der Waals surface area contributed by atoms with Crippen molar-refractivity contribution in [1.29, 1.82) is 0 Å². The first kappa shape index (κ1) is 12.8. The molecule has 0 fully saturated rings. The fraction of sp³-hybridized carbons (Fsp3) is 0.0714. The molecule has 20 heavy (non-hydrogen) atoms. The molecule has 3 aromatic rings. The number of aromatic nitrogens is 1. The molecule has 1 aromatic heterocycles. The van der Waals surface area contributed by atoms with Crippen LogP contribution in [0.25, 0.3) is 11.1 Å². The minimum atomic E-state index is -0.492. The number of nitrogens with one attached hydrogen (secondary N) is 2. The fourth-order valence-corrected chi connectivity index (χ4v) is 2.37. The molecule has 5 nitrogen and oxygen atoms in total. The number of anilines is 3. The number of hydrogen-bond donors (Lipinski definition) is 3. The highest BCUT2D eigenvalue weighted by Gasteiger charge is 2.09.